The molecule has 0 saturated carbocycles. The van der Waals surface area contributed by atoms with E-state index in [0.717, 1.165) is 0 Å². The van der Waals surface area contributed by atoms with Crippen LogP contribution >= 0.6 is 0 Å². The zero-order valence-corrected chi connectivity index (χ0v) is 18.5. The van der Waals surface area contributed by atoms with Crippen molar-refractivity contribution in [2.45, 2.75) is 50.9 Å². The van der Waals surface area contributed by atoms with Gasteiger partial charge in [0.15, 0.2) is 0 Å². The number of carbonyl (C=O) groups excluding carboxylic acids is 1. The van der Waals surface area contributed by atoms with E-state index in [1.165, 1.54) is 15.3 Å². The first-order chi connectivity index (χ1) is 13.8. The molecule has 0 bridgehead atoms. The van der Waals surface area contributed by atoms with Crippen molar-refractivity contribution < 1.29 is 14.3 Å². The number of aliphatic hydroxyl groups is 1. The van der Waals surface area contributed by atoms with Crippen molar-refractivity contribution in [2.75, 3.05) is 6.61 Å². The van der Waals surface area contributed by atoms with Gasteiger partial charge in [-0.15, -0.1) is 6.58 Å². The molecule has 1 N–H and O–H groups in total. The maximum absolute atomic E-state index is 12.3. The molecule has 1 fully saturated rings. The summed E-state index contributed by atoms with van der Waals surface area (Å²) in [6, 6.07) is 20.4. The van der Waals surface area contributed by atoms with Crippen molar-refractivity contribution in [2.24, 2.45) is 0 Å². The lowest BCUT2D eigenvalue weighted by molar-refractivity contribution is -0.136. The second-order valence-electron chi connectivity index (χ2n) is 8.60. The Morgan fingerprint density at radius 2 is 1.66 bits per heavy atom. The molecule has 154 valence electrons. The Morgan fingerprint density at radius 1 is 1.14 bits per heavy atom. The van der Waals surface area contributed by atoms with Gasteiger partial charge in [0, 0.05) is 12.8 Å². The van der Waals surface area contributed by atoms with E-state index in [2.05, 4.69) is 51.6 Å². The summed E-state index contributed by atoms with van der Waals surface area (Å²) < 4.78 is 6.89. The van der Waals surface area contributed by atoms with Crippen LogP contribution < -0.4 is 10.4 Å². The van der Waals surface area contributed by atoms with Gasteiger partial charge in [0.2, 0.25) is 5.91 Å². The quantitative estimate of drug-likeness (QED) is 0.565. The van der Waals surface area contributed by atoms with Crippen LogP contribution in [0.3, 0.4) is 0 Å². The van der Waals surface area contributed by atoms with Crippen molar-refractivity contribution in [3.63, 3.8) is 0 Å². The fourth-order valence-corrected chi connectivity index (χ4v) is 8.90. The van der Waals surface area contributed by atoms with Crippen LogP contribution in [0.15, 0.2) is 73.3 Å². The van der Waals surface area contributed by atoms with Crippen LogP contribution in [0, 0.1) is 0 Å². The maximum Gasteiger partial charge on any atom is 0.261 e. The highest BCUT2D eigenvalue weighted by atomic mass is 28.4. The highest BCUT2D eigenvalue weighted by Gasteiger charge is 2.50. The number of rotatable bonds is 7. The topological polar surface area (TPSA) is 49.8 Å². The van der Waals surface area contributed by atoms with Gasteiger partial charge < -0.3 is 14.4 Å². The summed E-state index contributed by atoms with van der Waals surface area (Å²) in [5.74, 6) is -0.0477. The van der Waals surface area contributed by atoms with Crippen LogP contribution in [0.25, 0.3) is 0 Å². The third-order valence-electron chi connectivity index (χ3n) is 5.74. The average Bonchev–Trinajstić information content (AvgIpc) is 3.04. The molecule has 5 heteroatoms. The molecule has 3 rings (SSSR count). The molecule has 1 amide bonds. The van der Waals surface area contributed by atoms with E-state index in [9.17, 15) is 9.90 Å². The van der Waals surface area contributed by atoms with E-state index in [1.807, 2.05) is 36.4 Å². The van der Waals surface area contributed by atoms with Crippen molar-refractivity contribution >= 4 is 24.6 Å². The summed E-state index contributed by atoms with van der Waals surface area (Å²) in [6.07, 6.45) is 1.77. The number of likely N-dealkylation sites (tertiary alicyclic amines) is 1. The van der Waals surface area contributed by atoms with Crippen LogP contribution in [-0.4, -0.2) is 43.1 Å². The van der Waals surface area contributed by atoms with E-state index >= 15 is 0 Å². The Labute approximate surface area is 175 Å². The molecule has 1 aliphatic heterocycles. The molecule has 4 nitrogen and oxygen atoms in total. The third-order valence-corrected chi connectivity index (χ3v) is 10.7. The van der Waals surface area contributed by atoms with Gasteiger partial charge in [-0.05, 0) is 15.4 Å². The van der Waals surface area contributed by atoms with Gasteiger partial charge in [-0.1, -0.05) is 87.5 Å². The summed E-state index contributed by atoms with van der Waals surface area (Å²) in [7, 11) is -2.69. The van der Waals surface area contributed by atoms with Crippen molar-refractivity contribution in [3.05, 3.63) is 73.3 Å². The molecule has 0 radical (unpaired) electrons. The molecule has 1 unspecified atom stereocenters. The lowest BCUT2D eigenvalue weighted by Gasteiger charge is -2.44. The number of hydrogen-bond acceptors (Lipinski definition) is 3. The Morgan fingerprint density at radius 3 is 2.03 bits per heavy atom. The molecule has 2 atom stereocenters. The number of nitrogens with zero attached hydrogens (tertiary/aromatic N) is 1. The van der Waals surface area contributed by atoms with E-state index in [4.69, 9.17) is 4.43 Å². The zero-order valence-electron chi connectivity index (χ0n) is 17.5. The normalized spacial score (nSPS) is 18.7. The first kappa shape index (κ1) is 21.5. The summed E-state index contributed by atoms with van der Waals surface area (Å²) >= 11 is 0. The number of benzene rings is 2. The summed E-state index contributed by atoms with van der Waals surface area (Å²) in [4.78, 5) is 13.8. The number of aliphatic hydroxyl groups excluding tert-OH is 1. The first-order valence-electron chi connectivity index (χ1n) is 10.2. The molecule has 0 spiro atoms. The van der Waals surface area contributed by atoms with Gasteiger partial charge in [-0.3, -0.25) is 4.79 Å². The molecule has 1 aliphatic rings. The average molecular weight is 410 g/mol. The molecule has 0 aliphatic carbocycles. The lowest BCUT2D eigenvalue weighted by atomic mass is 10.2. The predicted octanol–water partition coefficient (Wildman–Crippen LogP) is 3.06. The third kappa shape index (κ3) is 4.08. The van der Waals surface area contributed by atoms with Crippen LogP contribution in [0.1, 0.15) is 33.6 Å². The smallest absolute Gasteiger partial charge is 0.261 e. The Balaban J connectivity index is 2.04. The molecular weight excluding hydrogens is 378 g/mol. The van der Waals surface area contributed by atoms with Gasteiger partial charge in [0.25, 0.3) is 8.32 Å². The second-order valence-corrected chi connectivity index (χ2v) is 12.9. The molecule has 2 aromatic rings. The minimum absolute atomic E-state index is 0.0477. The van der Waals surface area contributed by atoms with Crippen molar-refractivity contribution in [1.29, 1.82) is 0 Å². The predicted molar refractivity (Wildman–Crippen MR) is 120 cm³/mol. The van der Waals surface area contributed by atoms with Crippen LogP contribution in [0.4, 0.5) is 0 Å². The molecule has 1 heterocycles. The number of carbonyl (C=O) groups is 1. The Hall–Kier alpha value is -2.21. The number of hydrogen-bond donors (Lipinski definition) is 1. The maximum atomic E-state index is 12.3. The molecule has 29 heavy (non-hydrogen) atoms. The minimum Gasteiger partial charge on any atom is -0.405 e. The Kier molecular flexibility index (Phi) is 6.41. The standard InChI is InChI=1S/C24H31NO3Si/c1-5-19(25-22(26)16-17-23(25)27)18-28-29(24(2,3)4,20-12-8-6-9-13-20)21-14-10-7-11-15-21/h5-15,19,22,26H,1,16-18H2,2-4H3/t19-,22?/m1/s1. The van der Waals surface area contributed by atoms with Gasteiger partial charge in [0.05, 0.1) is 12.6 Å². The number of amides is 1. The largest absolute Gasteiger partial charge is 0.405 e. The van der Waals surface area contributed by atoms with E-state index < -0.39 is 14.5 Å². The fourth-order valence-electron chi connectivity index (χ4n) is 4.33. The highest BCUT2D eigenvalue weighted by Crippen LogP contribution is 2.37. The zero-order chi connectivity index (χ0) is 21.1. The van der Waals surface area contributed by atoms with Crippen LogP contribution in [-0.2, 0) is 9.22 Å². The summed E-state index contributed by atoms with van der Waals surface area (Å²) in [5, 5.41) is 12.5. The monoisotopic (exact) mass is 409 g/mol. The van der Waals surface area contributed by atoms with Crippen LogP contribution in [0.5, 0.6) is 0 Å². The second kappa shape index (κ2) is 8.65. The first-order valence-corrected chi connectivity index (χ1v) is 12.1. The van der Waals surface area contributed by atoms with E-state index in [-0.39, 0.29) is 17.0 Å². The minimum atomic E-state index is -2.69. The molecule has 1 saturated heterocycles. The Bertz CT molecular complexity index is 793. The van der Waals surface area contributed by atoms with E-state index in [1.54, 1.807) is 6.08 Å². The lowest BCUT2D eigenvalue weighted by Crippen LogP contribution is -2.67. The van der Waals surface area contributed by atoms with Crippen LogP contribution in [0.2, 0.25) is 5.04 Å². The highest BCUT2D eigenvalue weighted by molar-refractivity contribution is 6.99. The van der Waals surface area contributed by atoms with Gasteiger partial charge in [-0.25, -0.2) is 0 Å². The van der Waals surface area contributed by atoms with Gasteiger partial charge in [0.1, 0.15) is 6.23 Å². The van der Waals surface area contributed by atoms with Crippen molar-refractivity contribution in [1.82, 2.24) is 4.90 Å². The van der Waals surface area contributed by atoms with Gasteiger partial charge in [-0.2, -0.15) is 0 Å². The summed E-state index contributed by atoms with van der Waals surface area (Å²) in [6.45, 7) is 10.9. The van der Waals surface area contributed by atoms with E-state index in [0.29, 0.717) is 19.4 Å². The van der Waals surface area contributed by atoms with Crippen molar-refractivity contribution in [3.8, 4) is 0 Å². The molecule has 2 aromatic carbocycles. The van der Waals surface area contributed by atoms with Gasteiger partial charge >= 0.3 is 0 Å². The molecular formula is C24H31NO3Si. The fraction of sp³-hybridized carbons (Fsp3) is 0.375. The summed E-state index contributed by atoms with van der Waals surface area (Å²) in [5.41, 5.74) is 0. The molecule has 0 aromatic heterocycles. The SMILES string of the molecule is C=C[C@H](CO[Si](c1ccccc1)(c1ccccc1)C(C)(C)C)N1C(=O)CCC1O.